The van der Waals surface area contributed by atoms with Crippen LogP contribution in [-0.4, -0.2) is 54.7 Å². The fourth-order valence-corrected chi connectivity index (χ4v) is 4.98. The van der Waals surface area contributed by atoms with Crippen molar-refractivity contribution in [3.63, 3.8) is 0 Å². The summed E-state index contributed by atoms with van der Waals surface area (Å²) in [5.41, 5.74) is 1.16. The third-order valence-electron chi connectivity index (χ3n) is 7.48. The number of amides is 2. The van der Waals surface area contributed by atoms with Gasteiger partial charge >= 0.3 is 0 Å². The van der Waals surface area contributed by atoms with E-state index in [1.54, 1.807) is 38.1 Å². The normalized spacial score (nSPS) is 14.9. The summed E-state index contributed by atoms with van der Waals surface area (Å²) in [5, 5.41) is 6.26. The molecule has 2 rings (SSSR count). The molecule has 2 aromatic carbocycles. The van der Waals surface area contributed by atoms with Gasteiger partial charge in [-0.3, -0.25) is 14.4 Å². The zero-order valence-electron chi connectivity index (χ0n) is 25.3. The van der Waals surface area contributed by atoms with E-state index in [4.69, 9.17) is 0 Å². The zero-order valence-corrected chi connectivity index (χ0v) is 25.3. The lowest BCUT2D eigenvalue weighted by Gasteiger charge is -2.40. The number of rotatable bonds is 11. The number of hydrogen-bond acceptors (Lipinski definition) is 4. The minimum atomic E-state index is -0.766. The molecule has 0 aromatic heterocycles. The number of Topliss-reactive ketones (excluding diaryl/α,β-unsaturated/α-hetero) is 1. The van der Waals surface area contributed by atoms with Crippen LogP contribution in [0.15, 0.2) is 72.3 Å². The number of nitrogens with zero attached hydrogens (tertiary/aromatic N) is 1. The van der Waals surface area contributed by atoms with E-state index in [0.29, 0.717) is 11.1 Å². The lowest BCUT2D eigenvalue weighted by atomic mass is 9.76. The Balaban J connectivity index is 2.35. The molecule has 0 aliphatic rings. The molecule has 0 saturated carbocycles. The summed E-state index contributed by atoms with van der Waals surface area (Å²) in [6, 6.07) is 17.4. The average Bonchev–Trinajstić information content (AvgIpc) is 2.89. The van der Waals surface area contributed by atoms with Crippen molar-refractivity contribution in [1.82, 2.24) is 15.5 Å². The third-order valence-corrected chi connectivity index (χ3v) is 7.48. The molecule has 2 amide bonds. The molecule has 0 aliphatic carbocycles. The van der Waals surface area contributed by atoms with E-state index in [1.165, 1.54) is 0 Å². The number of allylic oxidation sites excluding steroid dienone is 1. The quantitative estimate of drug-likeness (QED) is 0.300. The molecule has 0 saturated heterocycles. The standard InChI is InChI=1S/C33H47N3O3/c1-22(2)26(21-23(3)27(37)24-17-13-11-14-18-24)36(10)31(39)29(32(4,5)6)35-30(38)28(34-9)33(7,8)25-19-15-12-16-20-25/h11-22,26,28-29,34H,1-10H3,(H,35,38)/b23-21+/t26-,28-,29-/m1/s1. The van der Waals surface area contributed by atoms with Gasteiger partial charge in [0.2, 0.25) is 11.8 Å². The Bertz CT molecular complexity index is 1150. The Labute approximate surface area is 235 Å². The van der Waals surface area contributed by atoms with E-state index in [9.17, 15) is 14.4 Å². The molecule has 212 valence electrons. The summed E-state index contributed by atoms with van der Waals surface area (Å²) in [4.78, 5) is 42.4. The van der Waals surface area contributed by atoms with E-state index in [0.717, 1.165) is 5.56 Å². The average molecular weight is 534 g/mol. The van der Waals surface area contributed by atoms with Gasteiger partial charge in [-0.2, -0.15) is 0 Å². The zero-order chi connectivity index (χ0) is 29.5. The lowest BCUT2D eigenvalue weighted by Crippen LogP contribution is -2.61. The summed E-state index contributed by atoms with van der Waals surface area (Å²) in [5.74, 6) is -0.447. The maximum atomic E-state index is 14.0. The van der Waals surface area contributed by atoms with Crippen LogP contribution < -0.4 is 10.6 Å². The molecule has 0 heterocycles. The summed E-state index contributed by atoms with van der Waals surface area (Å²) >= 11 is 0. The fraction of sp³-hybridized carbons (Fsp3) is 0.485. The van der Waals surface area contributed by atoms with Gasteiger partial charge in [-0.15, -0.1) is 0 Å². The SMILES string of the molecule is CN[C@H](C(=O)N[C@H](C(=O)N(C)[C@H](/C=C(\C)C(=O)c1ccccc1)C(C)C)C(C)(C)C)C(C)(C)c1ccccc1. The summed E-state index contributed by atoms with van der Waals surface area (Å²) in [6.07, 6.45) is 1.87. The molecule has 6 heteroatoms. The van der Waals surface area contributed by atoms with Crippen LogP contribution >= 0.6 is 0 Å². The van der Waals surface area contributed by atoms with Crippen LogP contribution in [0.3, 0.4) is 0 Å². The van der Waals surface area contributed by atoms with E-state index in [1.807, 2.05) is 103 Å². The Morgan fingerprint density at radius 1 is 0.846 bits per heavy atom. The molecule has 0 spiro atoms. The third kappa shape index (κ3) is 7.89. The number of ketones is 1. The van der Waals surface area contributed by atoms with Crippen LogP contribution in [0.2, 0.25) is 0 Å². The van der Waals surface area contributed by atoms with Gasteiger partial charge < -0.3 is 15.5 Å². The van der Waals surface area contributed by atoms with Crippen LogP contribution in [0.4, 0.5) is 0 Å². The molecule has 3 atom stereocenters. The number of hydrogen-bond donors (Lipinski definition) is 2. The number of carbonyl (C=O) groups excluding carboxylic acids is 3. The number of benzene rings is 2. The molecule has 39 heavy (non-hydrogen) atoms. The smallest absolute Gasteiger partial charge is 0.245 e. The second kappa shape index (κ2) is 13.2. The molecule has 0 fully saturated rings. The minimum Gasteiger partial charge on any atom is -0.342 e. The predicted octanol–water partition coefficient (Wildman–Crippen LogP) is 5.40. The lowest BCUT2D eigenvalue weighted by molar-refractivity contribution is -0.140. The Morgan fingerprint density at radius 2 is 1.36 bits per heavy atom. The highest BCUT2D eigenvalue weighted by atomic mass is 16.2. The topological polar surface area (TPSA) is 78.5 Å². The van der Waals surface area contributed by atoms with E-state index in [2.05, 4.69) is 10.6 Å². The Morgan fingerprint density at radius 3 is 1.82 bits per heavy atom. The molecule has 0 radical (unpaired) electrons. The predicted molar refractivity (Wildman–Crippen MR) is 160 cm³/mol. The summed E-state index contributed by atoms with van der Waals surface area (Å²) in [7, 11) is 3.51. The largest absolute Gasteiger partial charge is 0.342 e. The number of nitrogens with one attached hydrogen (secondary N) is 2. The molecule has 2 N–H and O–H groups in total. The van der Waals surface area contributed by atoms with Crippen molar-refractivity contribution in [3.8, 4) is 0 Å². The molecule has 2 aromatic rings. The molecule has 6 nitrogen and oxygen atoms in total. The first kappa shape index (κ1) is 32.0. The maximum absolute atomic E-state index is 14.0. The monoisotopic (exact) mass is 533 g/mol. The van der Waals surface area contributed by atoms with Gasteiger partial charge in [0.15, 0.2) is 5.78 Å². The summed E-state index contributed by atoms with van der Waals surface area (Å²) in [6.45, 7) is 15.7. The van der Waals surface area contributed by atoms with E-state index in [-0.39, 0.29) is 29.6 Å². The minimum absolute atomic E-state index is 0.0517. The summed E-state index contributed by atoms with van der Waals surface area (Å²) < 4.78 is 0. The van der Waals surface area contributed by atoms with E-state index < -0.39 is 22.9 Å². The fourth-order valence-electron chi connectivity index (χ4n) is 4.98. The van der Waals surface area contributed by atoms with Crippen LogP contribution in [0.5, 0.6) is 0 Å². The maximum Gasteiger partial charge on any atom is 0.245 e. The van der Waals surface area contributed by atoms with E-state index >= 15 is 0 Å². The first-order valence-electron chi connectivity index (χ1n) is 13.7. The van der Waals surface area contributed by atoms with Crippen LogP contribution in [-0.2, 0) is 15.0 Å². The highest BCUT2D eigenvalue weighted by molar-refractivity contribution is 6.08. The van der Waals surface area contributed by atoms with Gasteiger partial charge in [0.05, 0.1) is 12.1 Å². The second-order valence-corrected chi connectivity index (χ2v) is 12.3. The van der Waals surface area contributed by atoms with Crippen molar-refractivity contribution >= 4 is 17.6 Å². The first-order valence-corrected chi connectivity index (χ1v) is 13.7. The first-order chi connectivity index (χ1) is 18.1. The van der Waals surface area contributed by atoms with Gasteiger partial charge in [-0.25, -0.2) is 0 Å². The molecule has 0 unspecified atom stereocenters. The Kier molecular flexibility index (Phi) is 10.8. The molecular formula is C33H47N3O3. The van der Waals surface area contributed by atoms with Crippen LogP contribution in [0.1, 0.15) is 71.3 Å². The van der Waals surface area contributed by atoms with Crippen LogP contribution in [0, 0.1) is 11.3 Å². The van der Waals surface area contributed by atoms with Gasteiger partial charge in [0, 0.05) is 18.0 Å². The molecule has 0 bridgehead atoms. The van der Waals surface area contributed by atoms with Crippen molar-refractivity contribution in [2.45, 2.75) is 78.9 Å². The Hall–Kier alpha value is -3.25. The van der Waals surface area contributed by atoms with Gasteiger partial charge in [0.1, 0.15) is 6.04 Å². The van der Waals surface area contributed by atoms with Crippen molar-refractivity contribution in [2.75, 3.05) is 14.1 Å². The second-order valence-electron chi connectivity index (χ2n) is 12.3. The van der Waals surface area contributed by atoms with Crippen molar-refractivity contribution < 1.29 is 14.4 Å². The highest BCUT2D eigenvalue weighted by Gasteiger charge is 2.41. The van der Waals surface area contributed by atoms with Crippen molar-refractivity contribution in [1.29, 1.82) is 0 Å². The highest BCUT2D eigenvalue weighted by Crippen LogP contribution is 2.29. The molecular weight excluding hydrogens is 486 g/mol. The van der Waals surface area contributed by atoms with Crippen molar-refractivity contribution in [3.05, 3.63) is 83.4 Å². The van der Waals surface area contributed by atoms with Gasteiger partial charge in [0.25, 0.3) is 0 Å². The van der Waals surface area contributed by atoms with Gasteiger partial charge in [-0.1, -0.05) is 115 Å². The van der Waals surface area contributed by atoms with Crippen LogP contribution in [0.25, 0.3) is 0 Å². The van der Waals surface area contributed by atoms with Gasteiger partial charge in [-0.05, 0) is 36.4 Å². The number of likely N-dealkylation sites (N-methyl/N-ethyl adjacent to an activating group) is 2. The number of carbonyl (C=O) groups is 3. The van der Waals surface area contributed by atoms with Crippen molar-refractivity contribution in [2.24, 2.45) is 11.3 Å². The molecule has 0 aliphatic heterocycles.